The van der Waals surface area contributed by atoms with Gasteiger partial charge < -0.3 is 15.2 Å². The van der Waals surface area contributed by atoms with Crippen LogP contribution in [0, 0.1) is 0 Å². The largest absolute Gasteiger partial charge is 0.484 e. The fourth-order valence-electron chi connectivity index (χ4n) is 1.28. The summed E-state index contributed by atoms with van der Waals surface area (Å²) in [5, 5.41) is 12.0. The lowest BCUT2D eigenvalue weighted by molar-refractivity contribution is -0.122. The summed E-state index contributed by atoms with van der Waals surface area (Å²) in [6.07, 6.45) is 0. The van der Waals surface area contributed by atoms with Gasteiger partial charge in [0.1, 0.15) is 11.4 Å². The van der Waals surface area contributed by atoms with Crippen LogP contribution in [0.5, 0.6) is 5.75 Å². The first-order valence-corrected chi connectivity index (χ1v) is 5.55. The lowest BCUT2D eigenvalue weighted by Gasteiger charge is -2.15. The predicted octanol–water partition coefficient (Wildman–Crippen LogP) is 0.765. The van der Waals surface area contributed by atoms with Gasteiger partial charge in [0.05, 0.1) is 0 Å². The van der Waals surface area contributed by atoms with Crippen LogP contribution < -0.4 is 10.1 Å². The molecule has 0 unspecified atom stereocenters. The molecule has 0 aliphatic heterocycles. The smallest absolute Gasteiger partial charge is 0.257 e. The normalized spacial score (nSPS) is 10.9. The van der Waals surface area contributed by atoms with Gasteiger partial charge in [0.2, 0.25) is 0 Å². The van der Waals surface area contributed by atoms with E-state index in [1.54, 1.807) is 24.3 Å². The second-order valence-electron chi connectivity index (χ2n) is 4.37. The molecular formula is C13H17NO4. The van der Waals surface area contributed by atoms with E-state index in [9.17, 15) is 14.7 Å². The molecule has 0 saturated carbocycles. The van der Waals surface area contributed by atoms with E-state index in [0.717, 1.165) is 0 Å². The number of nitrogens with one attached hydrogen (secondary N) is 1. The number of carbonyl (C=O) groups is 2. The second kappa shape index (κ2) is 5.64. The van der Waals surface area contributed by atoms with Crippen LogP contribution in [0.4, 0.5) is 0 Å². The molecule has 0 aromatic heterocycles. The molecule has 0 saturated heterocycles. The summed E-state index contributed by atoms with van der Waals surface area (Å²) in [5.41, 5.74) is -1.00. The predicted molar refractivity (Wildman–Crippen MR) is 66.6 cm³/mol. The lowest BCUT2D eigenvalue weighted by atomic mass is 9.97. The Morgan fingerprint density at radius 2 is 1.83 bits per heavy atom. The maximum absolute atomic E-state index is 11.7. The minimum absolute atomic E-state index is 0.0741. The molecule has 0 heterocycles. The minimum Gasteiger partial charge on any atom is -0.484 e. The number of likely N-dealkylation sites (N-methyl/N-ethyl adjacent to an activating group) is 1. The first-order valence-electron chi connectivity index (χ1n) is 5.55. The molecule has 0 fully saturated rings. The van der Waals surface area contributed by atoms with Crippen LogP contribution in [0.15, 0.2) is 24.3 Å². The first kappa shape index (κ1) is 14.2. The van der Waals surface area contributed by atoms with E-state index < -0.39 is 5.60 Å². The van der Waals surface area contributed by atoms with Crippen molar-refractivity contribution in [2.75, 3.05) is 13.7 Å². The van der Waals surface area contributed by atoms with Crippen molar-refractivity contribution in [1.29, 1.82) is 0 Å². The molecule has 5 heteroatoms. The first-order chi connectivity index (χ1) is 8.34. The minimum atomic E-state index is -1.40. The molecule has 0 aliphatic carbocycles. The van der Waals surface area contributed by atoms with Gasteiger partial charge in [-0.25, -0.2) is 0 Å². The monoisotopic (exact) mass is 251 g/mol. The Hall–Kier alpha value is -1.88. The molecule has 1 aromatic rings. The average molecular weight is 251 g/mol. The molecule has 0 atom stereocenters. The molecule has 1 amide bonds. The third-order valence-electron chi connectivity index (χ3n) is 2.32. The van der Waals surface area contributed by atoms with Gasteiger partial charge in [-0.15, -0.1) is 0 Å². The Morgan fingerprint density at radius 1 is 1.28 bits per heavy atom. The van der Waals surface area contributed by atoms with Crippen molar-refractivity contribution in [3.05, 3.63) is 29.8 Å². The number of rotatable bonds is 5. The van der Waals surface area contributed by atoms with Gasteiger partial charge in [0.15, 0.2) is 12.4 Å². The number of benzene rings is 1. The number of carbonyl (C=O) groups excluding carboxylic acids is 2. The highest BCUT2D eigenvalue weighted by atomic mass is 16.5. The zero-order valence-electron chi connectivity index (χ0n) is 10.7. The van der Waals surface area contributed by atoms with E-state index >= 15 is 0 Å². The number of aliphatic hydroxyl groups is 1. The van der Waals surface area contributed by atoms with Crippen molar-refractivity contribution in [3.63, 3.8) is 0 Å². The number of hydrogen-bond acceptors (Lipinski definition) is 4. The number of amides is 1. The van der Waals surface area contributed by atoms with E-state index in [1.807, 2.05) is 0 Å². The molecule has 98 valence electrons. The van der Waals surface area contributed by atoms with Crippen LogP contribution in [-0.2, 0) is 4.79 Å². The van der Waals surface area contributed by atoms with Crippen LogP contribution >= 0.6 is 0 Å². The summed E-state index contributed by atoms with van der Waals surface area (Å²) >= 11 is 0. The maximum Gasteiger partial charge on any atom is 0.257 e. The van der Waals surface area contributed by atoms with E-state index in [0.29, 0.717) is 11.3 Å². The zero-order chi connectivity index (χ0) is 13.8. The highest BCUT2D eigenvalue weighted by Gasteiger charge is 2.24. The second-order valence-corrected chi connectivity index (χ2v) is 4.37. The molecule has 2 N–H and O–H groups in total. The third kappa shape index (κ3) is 3.85. The molecule has 0 spiro atoms. The standard InChI is InChI=1S/C13H17NO4/c1-13(2,17)12(16)9-4-6-10(7-5-9)18-8-11(15)14-3/h4-7,17H,8H2,1-3H3,(H,14,15). The summed E-state index contributed by atoms with van der Waals surface area (Å²) in [4.78, 5) is 22.7. The number of ketones is 1. The van der Waals surface area contributed by atoms with Gasteiger partial charge in [0, 0.05) is 12.6 Å². The topological polar surface area (TPSA) is 75.6 Å². The fourth-order valence-corrected chi connectivity index (χ4v) is 1.28. The third-order valence-corrected chi connectivity index (χ3v) is 2.32. The van der Waals surface area contributed by atoms with Gasteiger partial charge in [-0.1, -0.05) is 0 Å². The van der Waals surface area contributed by atoms with Crippen molar-refractivity contribution < 1.29 is 19.4 Å². The van der Waals surface area contributed by atoms with Crippen molar-refractivity contribution in [2.45, 2.75) is 19.4 Å². The van der Waals surface area contributed by atoms with Crippen LogP contribution in [0.2, 0.25) is 0 Å². The van der Waals surface area contributed by atoms with Gasteiger partial charge in [-0.2, -0.15) is 0 Å². The van der Waals surface area contributed by atoms with Gasteiger partial charge in [0.25, 0.3) is 5.91 Å². The molecule has 0 radical (unpaired) electrons. The molecule has 0 bridgehead atoms. The van der Waals surface area contributed by atoms with Gasteiger partial charge in [-0.05, 0) is 38.1 Å². The summed E-state index contributed by atoms with van der Waals surface area (Å²) in [7, 11) is 1.52. The number of hydrogen-bond donors (Lipinski definition) is 2. The Labute approximate surface area is 106 Å². The van der Waals surface area contributed by atoms with Crippen LogP contribution in [0.1, 0.15) is 24.2 Å². The number of Topliss-reactive ketones (excluding diaryl/α,β-unsaturated/α-hetero) is 1. The Balaban J connectivity index is 2.69. The lowest BCUT2D eigenvalue weighted by Crippen LogP contribution is -2.31. The van der Waals surface area contributed by atoms with Crippen molar-refractivity contribution in [3.8, 4) is 5.75 Å². The maximum atomic E-state index is 11.7. The van der Waals surface area contributed by atoms with Crippen LogP contribution in [0.3, 0.4) is 0 Å². The molecule has 0 aliphatic rings. The Bertz CT molecular complexity index is 431. The Morgan fingerprint density at radius 3 is 2.28 bits per heavy atom. The molecule has 5 nitrogen and oxygen atoms in total. The zero-order valence-corrected chi connectivity index (χ0v) is 10.7. The molecule has 1 rings (SSSR count). The van der Waals surface area contributed by atoms with Crippen molar-refractivity contribution in [2.24, 2.45) is 0 Å². The van der Waals surface area contributed by atoms with E-state index in [4.69, 9.17) is 4.74 Å². The van der Waals surface area contributed by atoms with Crippen molar-refractivity contribution >= 4 is 11.7 Å². The average Bonchev–Trinajstić information content (AvgIpc) is 2.34. The highest BCUT2D eigenvalue weighted by Crippen LogP contribution is 2.16. The molecule has 18 heavy (non-hydrogen) atoms. The van der Waals surface area contributed by atoms with Crippen LogP contribution in [-0.4, -0.2) is 36.1 Å². The summed E-state index contributed by atoms with van der Waals surface area (Å²) in [6.45, 7) is 2.80. The van der Waals surface area contributed by atoms with E-state index in [1.165, 1.54) is 20.9 Å². The quantitative estimate of drug-likeness (QED) is 0.758. The van der Waals surface area contributed by atoms with E-state index in [2.05, 4.69) is 5.32 Å². The number of ether oxygens (including phenoxy) is 1. The Kier molecular flexibility index (Phi) is 4.44. The van der Waals surface area contributed by atoms with Crippen LogP contribution in [0.25, 0.3) is 0 Å². The van der Waals surface area contributed by atoms with Gasteiger partial charge in [-0.3, -0.25) is 9.59 Å². The summed E-state index contributed by atoms with van der Waals surface area (Å²) < 4.78 is 5.19. The van der Waals surface area contributed by atoms with Gasteiger partial charge >= 0.3 is 0 Å². The fraction of sp³-hybridized carbons (Fsp3) is 0.385. The van der Waals surface area contributed by atoms with E-state index in [-0.39, 0.29) is 18.3 Å². The summed E-state index contributed by atoms with van der Waals surface area (Å²) in [5.74, 6) is -0.0992. The SMILES string of the molecule is CNC(=O)COc1ccc(C(=O)C(C)(C)O)cc1. The molecular weight excluding hydrogens is 234 g/mol. The summed E-state index contributed by atoms with van der Waals surface area (Å²) in [6, 6.07) is 6.28. The highest BCUT2D eigenvalue weighted by molar-refractivity contribution is 6.01. The molecule has 1 aromatic carbocycles. The van der Waals surface area contributed by atoms with Crippen molar-refractivity contribution in [1.82, 2.24) is 5.32 Å².